The van der Waals surface area contributed by atoms with E-state index in [4.69, 9.17) is 14.2 Å². The third-order valence-electron chi connectivity index (χ3n) is 4.62. The average molecular weight is 357 g/mol. The monoisotopic (exact) mass is 356 g/mol. The first-order chi connectivity index (χ1) is 12.3. The van der Waals surface area contributed by atoms with Crippen molar-refractivity contribution in [2.75, 3.05) is 20.3 Å². The molecule has 0 fully saturated rings. The van der Waals surface area contributed by atoms with E-state index in [0.29, 0.717) is 12.5 Å². The van der Waals surface area contributed by atoms with Crippen LogP contribution in [0.4, 0.5) is 0 Å². The lowest BCUT2D eigenvalue weighted by Crippen LogP contribution is -2.19. The van der Waals surface area contributed by atoms with E-state index >= 15 is 0 Å². The number of hydrogen-bond acceptors (Lipinski definition) is 3. The summed E-state index contributed by atoms with van der Waals surface area (Å²) in [7, 11) is 1.69. The summed E-state index contributed by atoms with van der Waals surface area (Å²) in [5.74, 6) is 2.32. The van der Waals surface area contributed by atoms with Gasteiger partial charge in [-0.25, -0.2) is 0 Å². The van der Waals surface area contributed by atoms with Gasteiger partial charge in [-0.15, -0.1) is 0 Å². The molecule has 0 aliphatic rings. The van der Waals surface area contributed by atoms with Crippen LogP contribution in [0.25, 0.3) is 0 Å². The zero-order chi connectivity index (χ0) is 19.2. The van der Waals surface area contributed by atoms with Crippen LogP contribution in [0.5, 0.6) is 11.5 Å². The average Bonchev–Trinajstić information content (AvgIpc) is 2.65. The van der Waals surface area contributed by atoms with Gasteiger partial charge in [-0.2, -0.15) is 0 Å². The maximum absolute atomic E-state index is 5.79. The Kier molecular flexibility index (Phi) is 7.10. The van der Waals surface area contributed by atoms with Crippen molar-refractivity contribution in [3.63, 3.8) is 0 Å². The van der Waals surface area contributed by atoms with Gasteiger partial charge in [0.25, 0.3) is 0 Å². The molecule has 0 aromatic heterocycles. The van der Waals surface area contributed by atoms with Crippen LogP contribution in [0.2, 0.25) is 0 Å². The second-order valence-corrected chi connectivity index (χ2v) is 7.74. The van der Waals surface area contributed by atoms with E-state index in [-0.39, 0.29) is 11.5 Å². The van der Waals surface area contributed by atoms with Gasteiger partial charge in [-0.05, 0) is 48.2 Å². The molecule has 2 rings (SSSR count). The van der Waals surface area contributed by atoms with Crippen LogP contribution in [0.15, 0.2) is 48.5 Å². The van der Waals surface area contributed by atoms with Crippen LogP contribution in [0.1, 0.15) is 45.7 Å². The minimum absolute atomic E-state index is 0.0857. The third-order valence-corrected chi connectivity index (χ3v) is 4.62. The Hall–Kier alpha value is -2.00. The van der Waals surface area contributed by atoms with Crippen molar-refractivity contribution in [3.8, 4) is 11.5 Å². The largest absolute Gasteiger partial charge is 0.493 e. The summed E-state index contributed by atoms with van der Waals surface area (Å²) in [6.07, 6.45) is 0.0857. The van der Waals surface area contributed by atoms with Gasteiger partial charge >= 0.3 is 0 Å². The van der Waals surface area contributed by atoms with Gasteiger partial charge in [0.15, 0.2) is 0 Å². The van der Waals surface area contributed by atoms with E-state index in [0.717, 1.165) is 18.1 Å². The van der Waals surface area contributed by atoms with Crippen LogP contribution >= 0.6 is 0 Å². The van der Waals surface area contributed by atoms with E-state index in [1.165, 1.54) is 11.1 Å². The predicted octanol–water partition coefficient (Wildman–Crippen LogP) is 5.46. The maximum Gasteiger partial charge on any atom is 0.119 e. The number of hydrogen-bond donors (Lipinski definition) is 0. The normalized spacial score (nSPS) is 12.9. The first kappa shape index (κ1) is 20.3. The van der Waals surface area contributed by atoms with Crippen molar-refractivity contribution in [1.29, 1.82) is 0 Å². The van der Waals surface area contributed by atoms with Gasteiger partial charge in [0.2, 0.25) is 0 Å². The molecule has 0 saturated heterocycles. The Balaban J connectivity index is 2.06. The number of benzene rings is 2. The Labute approximate surface area is 158 Å². The second kappa shape index (κ2) is 9.09. The molecule has 0 heterocycles. The van der Waals surface area contributed by atoms with Crippen molar-refractivity contribution < 1.29 is 14.2 Å². The van der Waals surface area contributed by atoms with Gasteiger partial charge in [0.1, 0.15) is 18.1 Å². The highest BCUT2D eigenvalue weighted by Gasteiger charge is 2.23. The maximum atomic E-state index is 5.79. The molecule has 2 aromatic rings. The van der Waals surface area contributed by atoms with Crippen LogP contribution in [-0.4, -0.2) is 26.4 Å². The fraction of sp³-hybridized carbons (Fsp3) is 0.478. The van der Waals surface area contributed by atoms with Crippen molar-refractivity contribution in [2.45, 2.75) is 46.1 Å². The standard InChI is InChI=1S/C23H32O3/c1-17(2)15-25-21-11-7-19(8-12-21)23(4,5)20-9-13-22(14-10-20)26-16-18(3)24-6/h7-14,17-18H,15-16H2,1-6H3. The number of ether oxygens (including phenoxy) is 3. The van der Waals surface area contributed by atoms with Crippen LogP contribution < -0.4 is 9.47 Å². The summed E-state index contributed by atoms with van der Waals surface area (Å²) in [6, 6.07) is 16.7. The van der Waals surface area contributed by atoms with E-state index < -0.39 is 0 Å². The molecule has 26 heavy (non-hydrogen) atoms. The summed E-state index contributed by atoms with van der Waals surface area (Å²) in [4.78, 5) is 0. The van der Waals surface area contributed by atoms with Crippen LogP contribution in [-0.2, 0) is 10.2 Å². The summed E-state index contributed by atoms with van der Waals surface area (Å²) in [6.45, 7) is 12.1. The Morgan fingerprint density at radius 3 is 1.54 bits per heavy atom. The van der Waals surface area contributed by atoms with E-state index in [9.17, 15) is 0 Å². The highest BCUT2D eigenvalue weighted by molar-refractivity contribution is 5.41. The van der Waals surface area contributed by atoms with Gasteiger partial charge < -0.3 is 14.2 Å². The highest BCUT2D eigenvalue weighted by Crippen LogP contribution is 2.33. The van der Waals surface area contributed by atoms with E-state index in [1.807, 2.05) is 19.1 Å². The summed E-state index contributed by atoms with van der Waals surface area (Å²) in [5.41, 5.74) is 2.42. The highest BCUT2D eigenvalue weighted by atomic mass is 16.5. The fourth-order valence-corrected chi connectivity index (χ4v) is 2.65. The molecule has 1 unspecified atom stereocenters. The first-order valence-electron chi connectivity index (χ1n) is 9.32. The third kappa shape index (κ3) is 5.50. The molecule has 1 atom stereocenters. The zero-order valence-electron chi connectivity index (χ0n) is 16.9. The molecule has 0 spiro atoms. The van der Waals surface area contributed by atoms with Crippen LogP contribution in [0.3, 0.4) is 0 Å². The quantitative estimate of drug-likeness (QED) is 0.597. The van der Waals surface area contributed by atoms with E-state index in [2.05, 4.69) is 64.1 Å². The molecule has 0 saturated carbocycles. The fourth-order valence-electron chi connectivity index (χ4n) is 2.65. The molecule has 0 radical (unpaired) electrons. The molecule has 3 nitrogen and oxygen atoms in total. The molecule has 0 bridgehead atoms. The Morgan fingerprint density at radius 2 is 1.15 bits per heavy atom. The molecule has 0 aliphatic heterocycles. The summed E-state index contributed by atoms with van der Waals surface area (Å²) < 4.78 is 16.7. The van der Waals surface area contributed by atoms with Crippen LogP contribution in [0, 0.1) is 5.92 Å². The van der Waals surface area contributed by atoms with E-state index in [1.54, 1.807) is 7.11 Å². The van der Waals surface area contributed by atoms with Gasteiger partial charge in [0, 0.05) is 12.5 Å². The zero-order valence-corrected chi connectivity index (χ0v) is 16.9. The lowest BCUT2D eigenvalue weighted by Gasteiger charge is -2.26. The number of methoxy groups -OCH3 is 1. The molecule has 2 aromatic carbocycles. The topological polar surface area (TPSA) is 27.7 Å². The molecular weight excluding hydrogens is 324 g/mol. The Bertz CT molecular complexity index is 657. The summed E-state index contributed by atoms with van der Waals surface area (Å²) >= 11 is 0. The predicted molar refractivity (Wildman–Crippen MR) is 107 cm³/mol. The number of rotatable bonds is 9. The van der Waals surface area contributed by atoms with Gasteiger partial charge in [-0.3, -0.25) is 0 Å². The minimum Gasteiger partial charge on any atom is -0.493 e. The van der Waals surface area contributed by atoms with Crippen molar-refractivity contribution in [2.24, 2.45) is 5.92 Å². The molecule has 0 N–H and O–H groups in total. The lowest BCUT2D eigenvalue weighted by molar-refractivity contribution is 0.0716. The van der Waals surface area contributed by atoms with Crippen molar-refractivity contribution in [1.82, 2.24) is 0 Å². The molecular formula is C23H32O3. The lowest BCUT2D eigenvalue weighted by atomic mass is 9.78. The van der Waals surface area contributed by atoms with Crippen molar-refractivity contribution in [3.05, 3.63) is 59.7 Å². The smallest absolute Gasteiger partial charge is 0.119 e. The molecule has 142 valence electrons. The van der Waals surface area contributed by atoms with Gasteiger partial charge in [0.05, 0.1) is 12.7 Å². The summed E-state index contributed by atoms with van der Waals surface area (Å²) in [5, 5.41) is 0. The first-order valence-corrected chi connectivity index (χ1v) is 9.32. The van der Waals surface area contributed by atoms with Gasteiger partial charge in [-0.1, -0.05) is 52.0 Å². The second-order valence-electron chi connectivity index (χ2n) is 7.74. The van der Waals surface area contributed by atoms with Crippen molar-refractivity contribution >= 4 is 0 Å². The minimum atomic E-state index is -0.0884. The Morgan fingerprint density at radius 1 is 0.731 bits per heavy atom. The molecule has 0 aliphatic carbocycles. The molecule has 0 amide bonds. The molecule has 3 heteroatoms. The SMILES string of the molecule is COC(C)COc1ccc(C(C)(C)c2ccc(OCC(C)C)cc2)cc1.